The Labute approximate surface area is 61.1 Å². The zero-order valence-corrected chi connectivity index (χ0v) is 5.95. The van der Waals surface area contributed by atoms with Crippen molar-refractivity contribution in [2.24, 2.45) is 0 Å². The van der Waals surface area contributed by atoms with Crippen molar-refractivity contribution < 1.29 is 9.47 Å². The minimum Gasteiger partial charge on any atom is -0.375 e. The van der Waals surface area contributed by atoms with Crippen LogP contribution in [0.1, 0.15) is 0 Å². The molecule has 0 bridgehead atoms. The van der Waals surface area contributed by atoms with Crippen molar-refractivity contribution >= 4 is 0 Å². The summed E-state index contributed by atoms with van der Waals surface area (Å²) in [5, 5.41) is 0. The molecule has 1 aliphatic heterocycles. The van der Waals surface area contributed by atoms with Crippen molar-refractivity contribution in [2.75, 3.05) is 19.8 Å². The molecule has 0 saturated carbocycles. The van der Waals surface area contributed by atoms with E-state index in [1.54, 1.807) is 6.08 Å². The third-order valence-corrected chi connectivity index (χ3v) is 1.19. The van der Waals surface area contributed by atoms with Gasteiger partial charge in [0.1, 0.15) is 6.10 Å². The number of allylic oxidation sites excluding steroid dienone is 2. The van der Waals surface area contributed by atoms with E-state index >= 15 is 0 Å². The summed E-state index contributed by atoms with van der Waals surface area (Å²) in [5.74, 6) is 0. The van der Waals surface area contributed by atoms with E-state index in [1.165, 1.54) is 0 Å². The van der Waals surface area contributed by atoms with Crippen LogP contribution >= 0.6 is 0 Å². The molecule has 1 fully saturated rings. The maximum Gasteiger partial charge on any atom is 0.104 e. The van der Waals surface area contributed by atoms with Crippen LogP contribution in [0, 0.1) is 0 Å². The lowest BCUT2D eigenvalue weighted by Gasteiger charge is -1.93. The van der Waals surface area contributed by atoms with E-state index < -0.39 is 0 Å². The highest BCUT2D eigenvalue weighted by Crippen LogP contribution is 2.07. The molecule has 0 spiro atoms. The van der Waals surface area contributed by atoms with Crippen LogP contribution in [-0.4, -0.2) is 25.9 Å². The van der Waals surface area contributed by atoms with Gasteiger partial charge in [-0.25, -0.2) is 0 Å². The van der Waals surface area contributed by atoms with Crippen LogP contribution in [0.25, 0.3) is 0 Å². The maximum absolute atomic E-state index is 5.20. The molecule has 1 heterocycles. The van der Waals surface area contributed by atoms with Gasteiger partial charge in [-0.05, 0) is 0 Å². The lowest BCUT2D eigenvalue weighted by atomic mass is 10.5. The zero-order valence-electron chi connectivity index (χ0n) is 5.95. The number of ether oxygens (including phenoxy) is 2. The first-order valence-corrected chi connectivity index (χ1v) is 3.40. The van der Waals surface area contributed by atoms with Crippen molar-refractivity contribution in [1.82, 2.24) is 0 Å². The monoisotopic (exact) mass is 140 g/mol. The standard InChI is InChI=1S/C8H12O2/c1-2-3-4-5-9-6-8-7-10-8/h2-4,8H,1,5-7H2. The Hall–Kier alpha value is -0.600. The molecule has 1 aliphatic rings. The molecular weight excluding hydrogens is 128 g/mol. The molecule has 0 aromatic rings. The average molecular weight is 140 g/mol. The minimum atomic E-state index is 0.372. The predicted molar refractivity (Wildman–Crippen MR) is 39.9 cm³/mol. The first-order chi connectivity index (χ1) is 4.93. The van der Waals surface area contributed by atoms with E-state index in [0.717, 1.165) is 13.2 Å². The highest BCUT2D eigenvalue weighted by Gasteiger charge is 2.21. The molecule has 1 unspecified atom stereocenters. The summed E-state index contributed by atoms with van der Waals surface area (Å²) in [4.78, 5) is 0. The van der Waals surface area contributed by atoms with Crippen LogP contribution in [0.4, 0.5) is 0 Å². The van der Waals surface area contributed by atoms with Crippen molar-refractivity contribution in [3.05, 3.63) is 24.8 Å². The fourth-order valence-electron chi connectivity index (χ4n) is 0.584. The smallest absolute Gasteiger partial charge is 0.104 e. The van der Waals surface area contributed by atoms with Gasteiger partial charge in [-0.2, -0.15) is 0 Å². The lowest BCUT2D eigenvalue weighted by Crippen LogP contribution is -2.00. The van der Waals surface area contributed by atoms with E-state index in [0.29, 0.717) is 12.7 Å². The predicted octanol–water partition coefficient (Wildman–Crippen LogP) is 1.14. The van der Waals surface area contributed by atoms with Crippen molar-refractivity contribution in [1.29, 1.82) is 0 Å². The molecule has 0 N–H and O–H groups in total. The van der Waals surface area contributed by atoms with Gasteiger partial charge in [0.15, 0.2) is 0 Å². The third kappa shape index (κ3) is 3.43. The number of hydrogen-bond donors (Lipinski definition) is 0. The molecule has 0 aromatic carbocycles. The van der Waals surface area contributed by atoms with E-state index in [-0.39, 0.29) is 0 Å². The van der Waals surface area contributed by atoms with Gasteiger partial charge in [-0.15, -0.1) is 0 Å². The molecule has 2 heteroatoms. The minimum absolute atomic E-state index is 0.372. The Morgan fingerprint density at radius 1 is 1.70 bits per heavy atom. The van der Waals surface area contributed by atoms with Gasteiger partial charge in [-0.3, -0.25) is 0 Å². The van der Waals surface area contributed by atoms with Crippen LogP contribution in [0.3, 0.4) is 0 Å². The topological polar surface area (TPSA) is 21.8 Å². The molecular formula is C8H12O2. The van der Waals surface area contributed by atoms with Gasteiger partial charge in [0.25, 0.3) is 0 Å². The van der Waals surface area contributed by atoms with Crippen molar-refractivity contribution in [3.63, 3.8) is 0 Å². The first kappa shape index (κ1) is 7.51. The molecule has 0 aliphatic carbocycles. The van der Waals surface area contributed by atoms with Crippen LogP contribution in [0.2, 0.25) is 0 Å². The molecule has 0 amide bonds. The summed E-state index contributed by atoms with van der Waals surface area (Å²) >= 11 is 0. The van der Waals surface area contributed by atoms with Crippen molar-refractivity contribution in [3.8, 4) is 0 Å². The second kappa shape index (κ2) is 4.25. The quantitative estimate of drug-likeness (QED) is 0.324. The van der Waals surface area contributed by atoms with Gasteiger partial charge in [-0.1, -0.05) is 24.8 Å². The number of epoxide rings is 1. The van der Waals surface area contributed by atoms with E-state index in [1.807, 2.05) is 12.2 Å². The van der Waals surface area contributed by atoms with Crippen LogP contribution in [0.15, 0.2) is 24.8 Å². The Balaban J connectivity index is 1.84. The fraction of sp³-hybridized carbons (Fsp3) is 0.500. The van der Waals surface area contributed by atoms with Gasteiger partial charge in [0.05, 0.1) is 19.8 Å². The lowest BCUT2D eigenvalue weighted by molar-refractivity contribution is 0.141. The molecule has 56 valence electrons. The largest absolute Gasteiger partial charge is 0.375 e. The molecule has 0 radical (unpaired) electrons. The zero-order chi connectivity index (χ0) is 7.23. The number of rotatable bonds is 5. The summed E-state index contributed by atoms with van der Waals surface area (Å²) in [6.07, 6.45) is 5.90. The van der Waals surface area contributed by atoms with Crippen molar-refractivity contribution in [2.45, 2.75) is 6.10 Å². The highest BCUT2D eigenvalue weighted by atomic mass is 16.6. The summed E-state index contributed by atoms with van der Waals surface area (Å²) in [7, 11) is 0. The van der Waals surface area contributed by atoms with Crippen LogP contribution < -0.4 is 0 Å². The molecule has 1 saturated heterocycles. The van der Waals surface area contributed by atoms with E-state index in [4.69, 9.17) is 9.47 Å². The molecule has 10 heavy (non-hydrogen) atoms. The van der Waals surface area contributed by atoms with E-state index in [2.05, 4.69) is 6.58 Å². The van der Waals surface area contributed by atoms with Gasteiger partial charge >= 0.3 is 0 Å². The highest BCUT2D eigenvalue weighted by molar-refractivity contribution is 4.96. The van der Waals surface area contributed by atoms with Crippen LogP contribution in [0.5, 0.6) is 0 Å². The summed E-state index contributed by atoms with van der Waals surface area (Å²) in [5.41, 5.74) is 0. The fourth-order valence-corrected chi connectivity index (χ4v) is 0.584. The SMILES string of the molecule is C=CC=CCOCC1CO1. The Kier molecular flexibility index (Phi) is 3.19. The Morgan fingerprint density at radius 2 is 2.50 bits per heavy atom. The molecule has 1 rings (SSSR count). The Bertz CT molecular complexity index is 125. The maximum atomic E-state index is 5.20. The first-order valence-electron chi connectivity index (χ1n) is 3.40. The molecule has 2 nitrogen and oxygen atoms in total. The second-order valence-corrected chi connectivity index (χ2v) is 2.16. The van der Waals surface area contributed by atoms with Gasteiger partial charge in [0, 0.05) is 0 Å². The number of hydrogen-bond acceptors (Lipinski definition) is 2. The van der Waals surface area contributed by atoms with Gasteiger partial charge < -0.3 is 9.47 Å². The second-order valence-electron chi connectivity index (χ2n) is 2.16. The Morgan fingerprint density at radius 3 is 3.10 bits per heavy atom. The summed E-state index contributed by atoms with van der Waals surface area (Å²) in [6, 6.07) is 0. The third-order valence-electron chi connectivity index (χ3n) is 1.19. The average Bonchev–Trinajstić information content (AvgIpc) is 2.71. The van der Waals surface area contributed by atoms with Crippen LogP contribution in [-0.2, 0) is 9.47 Å². The van der Waals surface area contributed by atoms with Gasteiger partial charge in [0.2, 0.25) is 0 Å². The normalized spacial score (nSPS) is 23.4. The molecule has 0 aromatic heterocycles. The summed E-state index contributed by atoms with van der Waals surface area (Å²) in [6.45, 7) is 5.79. The summed E-state index contributed by atoms with van der Waals surface area (Å²) < 4.78 is 10.1. The van der Waals surface area contributed by atoms with E-state index in [9.17, 15) is 0 Å². The molecule has 1 atom stereocenters.